The van der Waals surface area contributed by atoms with Crippen LogP contribution in [0.3, 0.4) is 0 Å². The van der Waals surface area contributed by atoms with Gasteiger partial charge in [-0.05, 0) is 38.3 Å². The van der Waals surface area contributed by atoms with Crippen molar-refractivity contribution in [3.63, 3.8) is 0 Å². The Morgan fingerprint density at radius 3 is 2.28 bits per heavy atom. The Hall–Kier alpha value is -0.770. The molecule has 0 bridgehead atoms. The maximum Gasteiger partial charge on any atom is 0.147 e. The lowest BCUT2D eigenvalue weighted by Gasteiger charge is -2.23. The van der Waals surface area contributed by atoms with E-state index in [1.807, 2.05) is 45.9 Å². The molecule has 104 valence electrons. The van der Waals surface area contributed by atoms with Crippen LogP contribution in [0.25, 0.3) is 0 Å². The Morgan fingerprint density at radius 1 is 1.28 bits per heavy atom. The van der Waals surface area contributed by atoms with E-state index in [1.54, 1.807) is 0 Å². The van der Waals surface area contributed by atoms with Gasteiger partial charge in [-0.2, -0.15) is 0 Å². The molecule has 2 atom stereocenters. The van der Waals surface area contributed by atoms with E-state index in [-0.39, 0.29) is 31.3 Å². The Morgan fingerprint density at radius 2 is 1.83 bits per heavy atom. The first-order valence-electron chi connectivity index (χ1n) is 6.18. The zero-order chi connectivity index (χ0) is 12.8. The van der Waals surface area contributed by atoms with E-state index in [2.05, 4.69) is 5.32 Å². The van der Waals surface area contributed by atoms with Gasteiger partial charge in [0.1, 0.15) is 12.0 Å². The number of aryl methyl sites for hydroxylation is 2. The minimum Gasteiger partial charge on any atom is -0.475 e. The maximum absolute atomic E-state index is 9.13. The molecule has 0 heterocycles. The van der Waals surface area contributed by atoms with Crippen molar-refractivity contribution in [2.75, 3.05) is 6.61 Å². The Kier molecular flexibility index (Phi) is 8.00. The number of ether oxygens (including phenoxy) is 1. The molecule has 0 saturated carbocycles. The van der Waals surface area contributed by atoms with Gasteiger partial charge in [-0.15, -0.1) is 12.4 Å². The Labute approximate surface area is 116 Å². The minimum atomic E-state index is -0.105. The summed E-state index contributed by atoms with van der Waals surface area (Å²) in [4.78, 5) is 0. The monoisotopic (exact) mass is 273 g/mol. The molecule has 0 spiro atoms. The van der Waals surface area contributed by atoms with Crippen LogP contribution in [-0.2, 0) is 0 Å². The number of halogens is 1. The van der Waals surface area contributed by atoms with Crippen LogP contribution in [-0.4, -0.2) is 24.0 Å². The summed E-state index contributed by atoms with van der Waals surface area (Å²) in [5.74, 6) is 0.931. The largest absolute Gasteiger partial charge is 0.475 e. The van der Waals surface area contributed by atoms with Gasteiger partial charge < -0.3 is 9.84 Å². The fraction of sp³-hybridized carbons (Fsp3) is 0.571. The highest BCUT2D eigenvalue weighted by molar-refractivity contribution is 5.85. The lowest BCUT2D eigenvalue weighted by Crippen LogP contribution is -2.41. The van der Waals surface area contributed by atoms with Crippen LogP contribution in [0.5, 0.6) is 5.75 Å². The molecule has 1 rings (SSSR count). The highest BCUT2D eigenvalue weighted by atomic mass is 35.5. The summed E-state index contributed by atoms with van der Waals surface area (Å²) in [6.45, 7) is 8.22. The van der Waals surface area contributed by atoms with Crippen LogP contribution in [0.1, 0.15) is 31.4 Å². The summed E-state index contributed by atoms with van der Waals surface area (Å²) in [6.07, 6.45) is 0.781. The minimum absolute atomic E-state index is 0. The predicted molar refractivity (Wildman–Crippen MR) is 77.6 cm³/mol. The molecular weight excluding hydrogens is 250 g/mol. The van der Waals surface area contributed by atoms with E-state index in [1.165, 1.54) is 0 Å². The molecule has 0 aromatic heterocycles. The Bertz CT molecular complexity index is 333. The smallest absolute Gasteiger partial charge is 0.147 e. The van der Waals surface area contributed by atoms with Crippen molar-refractivity contribution >= 4 is 12.4 Å². The second-order valence-electron chi connectivity index (χ2n) is 4.44. The summed E-state index contributed by atoms with van der Waals surface area (Å²) in [5.41, 5.74) is 2.27. The van der Waals surface area contributed by atoms with Crippen LogP contribution in [0.4, 0.5) is 0 Å². The molecule has 0 amide bonds. The molecule has 0 aliphatic carbocycles. The van der Waals surface area contributed by atoms with Crippen molar-refractivity contribution in [2.45, 2.75) is 46.4 Å². The van der Waals surface area contributed by atoms with Gasteiger partial charge >= 0.3 is 0 Å². The average Bonchev–Trinajstić information content (AvgIpc) is 2.31. The van der Waals surface area contributed by atoms with Crippen molar-refractivity contribution in [1.82, 2.24) is 5.32 Å². The molecule has 1 aromatic rings. The molecule has 1 unspecified atom stereocenters. The van der Waals surface area contributed by atoms with Gasteiger partial charge in [0.05, 0.1) is 6.61 Å². The summed E-state index contributed by atoms with van der Waals surface area (Å²) < 4.78 is 5.89. The molecule has 0 aliphatic heterocycles. The predicted octanol–water partition coefficient (Wildman–Crippen LogP) is 2.81. The fourth-order valence-corrected chi connectivity index (χ4v) is 1.83. The molecule has 0 saturated heterocycles. The van der Waals surface area contributed by atoms with Crippen molar-refractivity contribution < 1.29 is 9.84 Å². The van der Waals surface area contributed by atoms with Crippen LogP contribution in [0.15, 0.2) is 18.2 Å². The summed E-state index contributed by atoms with van der Waals surface area (Å²) in [6, 6.07) is 6.20. The first kappa shape index (κ1) is 17.2. The second kappa shape index (κ2) is 8.35. The van der Waals surface area contributed by atoms with Gasteiger partial charge in [0.15, 0.2) is 0 Å². The number of nitrogens with one attached hydrogen (secondary N) is 1. The third kappa shape index (κ3) is 4.84. The molecule has 0 fully saturated rings. The van der Waals surface area contributed by atoms with Crippen LogP contribution < -0.4 is 10.1 Å². The van der Waals surface area contributed by atoms with Crippen molar-refractivity contribution in [1.29, 1.82) is 0 Å². The van der Waals surface area contributed by atoms with E-state index in [9.17, 15) is 0 Å². The molecule has 3 nitrogen and oxygen atoms in total. The number of benzene rings is 1. The quantitative estimate of drug-likeness (QED) is 0.783. The molecule has 1 aromatic carbocycles. The van der Waals surface area contributed by atoms with Gasteiger partial charge in [-0.3, -0.25) is 5.32 Å². The summed E-state index contributed by atoms with van der Waals surface area (Å²) in [5, 5.41) is 12.4. The molecule has 0 aliphatic rings. The SMILES string of the molecule is CC[C@@H](CO)NC(C)Oc1c(C)cccc1C.Cl. The highest BCUT2D eigenvalue weighted by Crippen LogP contribution is 2.23. The number of para-hydroxylation sites is 1. The van der Waals surface area contributed by atoms with E-state index in [0.717, 1.165) is 23.3 Å². The van der Waals surface area contributed by atoms with Crippen molar-refractivity contribution in [3.8, 4) is 5.75 Å². The highest BCUT2D eigenvalue weighted by Gasteiger charge is 2.12. The molecule has 18 heavy (non-hydrogen) atoms. The Balaban J connectivity index is 0.00000289. The third-order valence-electron chi connectivity index (χ3n) is 2.89. The number of aliphatic hydroxyl groups is 1. The van der Waals surface area contributed by atoms with E-state index in [4.69, 9.17) is 9.84 Å². The van der Waals surface area contributed by atoms with Crippen molar-refractivity contribution in [2.24, 2.45) is 0 Å². The van der Waals surface area contributed by atoms with Gasteiger partial charge in [0.25, 0.3) is 0 Å². The van der Waals surface area contributed by atoms with E-state index < -0.39 is 0 Å². The van der Waals surface area contributed by atoms with E-state index >= 15 is 0 Å². The zero-order valence-electron chi connectivity index (χ0n) is 11.6. The molecular formula is C14H24ClNO2. The zero-order valence-corrected chi connectivity index (χ0v) is 12.4. The lowest BCUT2D eigenvalue weighted by atomic mass is 10.1. The molecule has 2 N–H and O–H groups in total. The topological polar surface area (TPSA) is 41.5 Å². The van der Waals surface area contributed by atoms with Gasteiger partial charge in [0, 0.05) is 6.04 Å². The number of aliphatic hydroxyl groups excluding tert-OH is 1. The maximum atomic E-state index is 9.13. The normalized spacial score (nSPS) is 13.6. The summed E-state index contributed by atoms with van der Waals surface area (Å²) in [7, 11) is 0. The number of hydrogen-bond donors (Lipinski definition) is 2. The number of rotatable bonds is 6. The van der Waals surface area contributed by atoms with Crippen LogP contribution in [0.2, 0.25) is 0 Å². The third-order valence-corrected chi connectivity index (χ3v) is 2.89. The fourth-order valence-electron chi connectivity index (χ4n) is 1.83. The van der Waals surface area contributed by atoms with Crippen LogP contribution in [0, 0.1) is 13.8 Å². The van der Waals surface area contributed by atoms with Gasteiger partial charge in [-0.25, -0.2) is 0 Å². The average molecular weight is 274 g/mol. The van der Waals surface area contributed by atoms with Gasteiger partial charge in [-0.1, -0.05) is 25.1 Å². The summed E-state index contributed by atoms with van der Waals surface area (Å²) >= 11 is 0. The molecule has 0 radical (unpaired) electrons. The first-order valence-corrected chi connectivity index (χ1v) is 6.18. The van der Waals surface area contributed by atoms with Crippen LogP contribution >= 0.6 is 12.4 Å². The second-order valence-corrected chi connectivity index (χ2v) is 4.44. The van der Waals surface area contributed by atoms with E-state index in [0.29, 0.717) is 0 Å². The van der Waals surface area contributed by atoms with Crippen molar-refractivity contribution in [3.05, 3.63) is 29.3 Å². The lowest BCUT2D eigenvalue weighted by molar-refractivity contribution is 0.136. The van der Waals surface area contributed by atoms with Gasteiger partial charge in [0.2, 0.25) is 0 Å². The molecule has 4 heteroatoms. The first-order chi connectivity index (χ1) is 8.08. The standard InChI is InChI=1S/C14H23NO2.ClH/c1-5-13(9-16)15-12(4)17-14-10(2)7-6-8-11(14)3;/h6-8,12-13,15-16H,5,9H2,1-4H3;1H/t12?,13-;/m0./s1. The number of hydrogen-bond acceptors (Lipinski definition) is 3.